The number of allylic oxidation sites excluding steroid dienone is 1. The van der Waals surface area contributed by atoms with Gasteiger partial charge in [0.15, 0.2) is 0 Å². The molecule has 0 saturated carbocycles. The number of hydrogen-bond donors (Lipinski definition) is 1. The Morgan fingerprint density at radius 2 is 2.56 bits per heavy atom. The maximum atomic E-state index is 3.28. The molecule has 2 aliphatic rings. The second kappa shape index (κ2) is 1.84. The molecule has 9 heavy (non-hydrogen) atoms. The Hall–Kier alpha value is -0.300. The summed E-state index contributed by atoms with van der Waals surface area (Å²) in [5.41, 5.74) is 1.57. The number of nitrogens with one attached hydrogen (secondary N) is 1. The minimum absolute atomic E-state index is 0.755. The molecule has 0 spiro atoms. The molecule has 1 saturated heterocycles. The zero-order valence-corrected chi connectivity index (χ0v) is 5.72. The van der Waals surface area contributed by atoms with Gasteiger partial charge in [-0.25, -0.2) is 0 Å². The van der Waals surface area contributed by atoms with Crippen molar-refractivity contribution in [1.29, 1.82) is 0 Å². The largest absolute Gasteiger partial charge is 0.311 e. The van der Waals surface area contributed by atoms with E-state index >= 15 is 0 Å². The lowest BCUT2D eigenvalue weighted by Crippen LogP contribution is -2.06. The van der Waals surface area contributed by atoms with Crippen LogP contribution in [0.4, 0.5) is 0 Å². The van der Waals surface area contributed by atoms with Crippen molar-refractivity contribution in [1.82, 2.24) is 5.32 Å². The van der Waals surface area contributed by atoms with Crippen molar-refractivity contribution in [2.75, 3.05) is 6.54 Å². The molecule has 1 radical (unpaired) electrons. The summed E-state index contributed by atoms with van der Waals surface area (Å²) in [6.07, 6.45) is 3.69. The monoisotopic (exact) mass is 122 g/mol. The van der Waals surface area contributed by atoms with Gasteiger partial charge in [0.25, 0.3) is 0 Å². The lowest BCUT2D eigenvalue weighted by Gasteiger charge is -2.03. The molecule has 1 N–H and O–H groups in total. The fourth-order valence-electron chi connectivity index (χ4n) is 1.83. The van der Waals surface area contributed by atoms with Crippen LogP contribution >= 0.6 is 0 Å². The van der Waals surface area contributed by atoms with E-state index < -0.39 is 0 Å². The summed E-state index contributed by atoms with van der Waals surface area (Å²) in [7, 11) is 0. The molecule has 0 amide bonds. The van der Waals surface area contributed by atoms with E-state index in [0.717, 1.165) is 11.8 Å². The Bertz CT molecular complexity index is 149. The van der Waals surface area contributed by atoms with Crippen LogP contribution in [0.1, 0.15) is 13.3 Å². The summed E-state index contributed by atoms with van der Waals surface area (Å²) in [6.45, 7) is 5.64. The minimum atomic E-state index is 0.755. The molecular formula is C8H12N. The van der Waals surface area contributed by atoms with E-state index in [1.807, 2.05) is 0 Å². The van der Waals surface area contributed by atoms with Crippen LogP contribution in [0.25, 0.3) is 0 Å². The molecule has 2 atom stereocenters. The van der Waals surface area contributed by atoms with Gasteiger partial charge in [0.05, 0.1) is 0 Å². The molecule has 1 fully saturated rings. The van der Waals surface area contributed by atoms with Crippen molar-refractivity contribution in [2.24, 2.45) is 11.8 Å². The van der Waals surface area contributed by atoms with Gasteiger partial charge in [-0.1, -0.05) is 11.6 Å². The van der Waals surface area contributed by atoms with E-state index in [0.29, 0.717) is 0 Å². The fourth-order valence-corrected chi connectivity index (χ4v) is 1.83. The van der Waals surface area contributed by atoms with Gasteiger partial charge in [0.2, 0.25) is 0 Å². The van der Waals surface area contributed by atoms with Gasteiger partial charge in [-0.05, 0) is 31.7 Å². The summed E-state index contributed by atoms with van der Waals surface area (Å²) >= 11 is 0. The molecule has 0 aromatic carbocycles. The average Bonchev–Trinajstić information content (AvgIpc) is 2.22. The molecule has 1 heterocycles. The SMILES string of the molecule is CC1=C[C@H]2[CH]NC[C@H]2C1. The Labute approximate surface area is 56.1 Å². The van der Waals surface area contributed by atoms with Crippen LogP contribution in [0, 0.1) is 18.4 Å². The molecule has 0 aromatic heterocycles. The standard InChI is InChI=1S/C8H12N/c1-6-2-7-4-9-5-8(7)3-6/h2,4,7-9H,3,5H2,1H3/t7-,8+/m0/s1. The van der Waals surface area contributed by atoms with E-state index in [1.54, 1.807) is 5.57 Å². The third-order valence-corrected chi connectivity index (χ3v) is 2.30. The van der Waals surface area contributed by atoms with E-state index in [9.17, 15) is 0 Å². The van der Waals surface area contributed by atoms with Crippen LogP contribution in [0.2, 0.25) is 0 Å². The molecule has 0 bridgehead atoms. The summed E-state index contributed by atoms with van der Waals surface area (Å²) in [5, 5.41) is 3.28. The second-order valence-corrected chi connectivity index (χ2v) is 3.13. The van der Waals surface area contributed by atoms with Crippen molar-refractivity contribution in [3.8, 4) is 0 Å². The maximum absolute atomic E-state index is 3.28. The number of fused-ring (bicyclic) bond motifs is 1. The highest BCUT2D eigenvalue weighted by Crippen LogP contribution is 2.34. The lowest BCUT2D eigenvalue weighted by atomic mass is 10.00. The first kappa shape index (κ1) is 5.48. The topological polar surface area (TPSA) is 12.0 Å². The predicted octanol–water partition coefficient (Wildman–Crippen LogP) is 1.33. The number of hydrogen-bond acceptors (Lipinski definition) is 1. The van der Waals surface area contributed by atoms with Crippen LogP contribution < -0.4 is 5.32 Å². The molecule has 1 aliphatic carbocycles. The molecule has 49 valence electrons. The Kier molecular flexibility index (Phi) is 1.12. The molecule has 0 aromatic rings. The highest BCUT2D eigenvalue weighted by atomic mass is 14.9. The van der Waals surface area contributed by atoms with Crippen LogP contribution in [0.15, 0.2) is 11.6 Å². The Morgan fingerprint density at radius 1 is 1.67 bits per heavy atom. The van der Waals surface area contributed by atoms with Gasteiger partial charge in [0.1, 0.15) is 0 Å². The van der Waals surface area contributed by atoms with Crippen molar-refractivity contribution in [3.05, 3.63) is 18.2 Å². The first-order chi connectivity index (χ1) is 4.36. The van der Waals surface area contributed by atoms with Crippen LogP contribution in [0.5, 0.6) is 0 Å². The number of rotatable bonds is 0. The summed E-state index contributed by atoms with van der Waals surface area (Å²) in [6, 6.07) is 0. The smallest absolute Gasteiger partial charge is 0.0293 e. The maximum Gasteiger partial charge on any atom is 0.0293 e. The highest BCUT2D eigenvalue weighted by molar-refractivity contribution is 5.17. The molecule has 1 nitrogen and oxygen atoms in total. The van der Waals surface area contributed by atoms with E-state index in [4.69, 9.17) is 0 Å². The second-order valence-electron chi connectivity index (χ2n) is 3.13. The van der Waals surface area contributed by atoms with Crippen molar-refractivity contribution in [3.63, 3.8) is 0 Å². The van der Waals surface area contributed by atoms with Crippen LogP contribution in [-0.4, -0.2) is 6.54 Å². The Morgan fingerprint density at radius 3 is 3.33 bits per heavy atom. The zero-order chi connectivity index (χ0) is 6.27. The van der Waals surface area contributed by atoms with Gasteiger partial charge in [-0.15, -0.1) is 0 Å². The first-order valence-corrected chi connectivity index (χ1v) is 3.60. The van der Waals surface area contributed by atoms with E-state index in [1.165, 1.54) is 13.0 Å². The minimum Gasteiger partial charge on any atom is -0.311 e. The lowest BCUT2D eigenvalue weighted by molar-refractivity contribution is 0.541. The average molecular weight is 122 g/mol. The van der Waals surface area contributed by atoms with Gasteiger partial charge < -0.3 is 5.32 Å². The summed E-state index contributed by atoms with van der Waals surface area (Å²) in [4.78, 5) is 0. The van der Waals surface area contributed by atoms with Gasteiger partial charge in [-0.3, -0.25) is 0 Å². The molecular weight excluding hydrogens is 110 g/mol. The quantitative estimate of drug-likeness (QED) is 0.478. The van der Waals surface area contributed by atoms with Crippen molar-refractivity contribution >= 4 is 0 Å². The predicted molar refractivity (Wildman–Crippen MR) is 37.7 cm³/mol. The Balaban J connectivity index is 2.13. The fraction of sp³-hybridized carbons (Fsp3) is 0.625. The third kappa shape index (κ3) is 0.799. The van der Waals surface area contributed by atoms with E-state index in [2.05, 4.69) is 24.9 Å². The van der Waals surface area contributed by atoms with Crippen molar-refractivity contribution in [2.45, 2.75) is 13.3 Å². The summed E-state index contributed by atoms with van der Waals surface area (Å²) < 4.78 is 0. The normalized spacial score (nSPS) is 40.8. The molecule has 1 heteroatoms. The summed E-state index contributed by atoms with van der Waals surface area (Å²) in [5.74, 6) is 1.65. The zero-order valence-electron chi connectivity index (χ0n) is 5.72. The highest BCUT2D eigenvalue weighted by Gasteiger charge is 2.29. The van der Waals surface area contributed by atoms with Crippen LogP contribution in [0.3, 0.4) is 0 Å². The molecule has 0 unspecified atom stereocenters. The van der Waals surface area contributed by atoms with Crippen LogP contribution in [-0.2, 0) is 0 Å². The van der Waals surface area contributed by atoms with Gasteiger partial charge >= 0.3 is 0 Å². The molecule has 1 aliphatic heterocycles. The molecule has 2 rings (SSSR count). The van der Waals surface area contributed by atoms with Crippen molar-refractivity contribution < 1.29 is 0 Å². The van der Waals surface area contributed by atoms with Gasteiger partial charge in [-0.2, -0.15) is 0 Å². The van der Waals surface area contributed by atoms with E-state index in [-0.39, 0.29) is 0 Å². The van der Waals surface area contributed by atoms with Gasteiger partial charge in [0, 0.05) is 6.54 Å². The first-order valence-electron chi connectivity index (χ1n) is 3.60. The third-order valence-electron chi connectivity index (χ3n) is 2.30.